The molecule has 4 heteroatoms. The molecule has 0 atom stereocenters. The largest absolute Gasteiger partial charge is 0.456 e. The zero-order valence-corrected chi connectivity index (χ0v) is 16.1. The van der Waals surface area contributed by atoms with Gasteiger partial charge in [-0.1, -0.05) is 26.8 Å². The Balaban J connectivity index is 4.47. The summed E-state index contributed by atoms with van der Waals surface area (Å²) in [7, 11) is 0. The SMILES string of the molecule is C=C(C)C(=O)OC(C)(C)CCOC(C)(C)C(C)(C)CCCCO. The van der Waals surface area contributed by atoms with Gasteiger partial charge in [-0.25, -0.2) is 4.79 Å². The Labute approximate surface area is 142 Å². The molecule has 0 aromatic heterocycles. The Morgan fingerprint density at radius 1 is 1.04 bits per heavy atom. The van der Waals surface area contributed by atoms with Crippen LogP contribution in [-0.2, 0) is 14.3 Å². The van der Waals surface area contributed by atoms with Gasteiger partial charge >= 0.3 is 5.97 Å². The Bertz CT molecular complexity index is 394. The Morgan fingerprint density at radius 2 is 1.61 bits per heavy atom. The highest BCUT2D eigenvalue weighted by atomic mass is 16.6. The molecule has 0 unspecified atom stereocenters. The first-order chi connectivity index (χ1) is 10.3. The van der Waals surface area contributed by atoms with Gasteiger partial charge in [0.2, 0.25) is 0 Å². The zero-order chi connectivity index (χ0) is 18.3. The number of esters is 1. The molecule has 23 heavy (non-hydrogen) atoms. The van der Waals surface area contributed by atoms with Crippen molar-refractivity contribution in [1.29, 1.82) is 0 Å². The van der Waals surface area contributed by atoms with Gasteiger partial charge in [-0.15, -0.1) is 0 Å². The summed E-state index contributed by atoms with van der Waals surface area (Å²) >= 11 is 0. The predicted molar refractivity (Wildman–Crippen MR) is 94.4 cm³/mol. The molecule has 4 nitrogen and oxygen atoms in total. The van der Waals surface area contributed by atoms with Crippen molar-refractivity contribution in [3.63, 3.8) is 0 Å². The third-order valence-electron chi connectivity index (χ3n) is 4.72. The fourth-order valence-corrected chi connectivity index (χ4v) is 2.12. The molecule has 0 aliphatic rings. The molecule has 0 heterocycles. The van der Waals surface area contributed by atoms with Crippen LogP contribution in [0.2, 0.25) is 0 Å². The standard InChI is InChI=1S/C19H36O4/c1-15(2)16(21)23-18(5,6)12-14-22-19(7,8)17(3,4)11-9-10-13-20/h20H,1,9-14H2,2-8H3. The Hall–Kier alpha value is -0.870. The van der Waals surface area contributed by atoms with Gasteiger partial charge in [0.25, 0.3) is 0 Å². The Kier molecular flexibility index (Phi) is 8.50. The fraction of sp³-hybridized carbons (Fsp3) is 0.842. The van der Waals surface area contributed by atoms with Crippen molar-refractivity contribution < 1.29 is 19.4 Å². The van der Waals surface area contributed by atoms with Crippen molar-refractivity contribution >= 4 is 5.97 Å². The van der Waals surface area contributed by atoms with E-state index in [9.17, 15) is 4.79 Å². The number of hydrogen-bond donors (Lipinski definition) is 1. The van der Waals surface area contributed by atoms with Crippen LogP contribution >= 0.6 is 0 Å². The van der Waals surface area contributed by atoms with Crippen LogP contribution < -0.4 is 0 Å². The predicted octanol–water partition coefficient (Wildman–Crippen LogP) is 4.26. The molecule has 0 saturated carbocycles. The molecule has 0 spiro atoms. The van der Waals surface area contributed by atoms with Gasteiger partial charge in [-0.05, 0) is 52.9 Å². The summed E-state index contributed by atoms with van der Waals surface area (Å²) < 4.78 is 11.6. The van der Waals surface area contributed by atoms with Crippen LogP contribution in [0.3, 0.4) is 0 Å². The molecule has 0 saturated heterocycles. The van der Waals surface area contributed by atoms with Gasteiger partial charge in [0.1, 0.15) is 5.60 Å². The molecule has 0 aromatic carbocycles. The van der Waals surface area contributed by atoms with Crippen molar-refractivity contribution in [3.05, 3.63) is 12.2 Å². The van der Waals surface area contributed by atoms with E-state index in [1.54, 1.807) is 6.92 Å². The van der Waals surface area contributed by atoms with E-state index in [1.807, 2.05) is 13.8 Å². The smallest absolute Gasteiger partial charge is 0.333 e. The Morgan fingerprint density at radius 3 is 2.09 bits per heavy atom. The number of carbonyl (C=O) groups excluding carboxylic acids is 1. The highest BCUT2D eigenvalue weighted by molar-refractivity contribution is 5.87. The van der Waals surface area contributed by atoms with Crippen LogP contribution in [0.1, 0.15) is 74.1 Å². The van der Waals surface area contributed by atoms with E-state index in [-0.39, 0.29) is 23.6 Å². The molecule has 0 bridgehead atoms. The van der Waals surface area contributed by atoms with Crippen LogP contribution in [-0.4, -0.2) is 35.5 Å². The lowest BCUT2D eigenvalue weighted by Crippen LogP contribution is -2.43. The summed E-state index contributed by atoms with van der Waals surface area (Å²) in [5.41, 5.74) is -0.464. The van der Waals surface area contributed by atoms with E-state index in [4.69, 9.17) is 14.6 Å². The molecule has 0 amide bonds. The number of aliphatic hydroxyl groups excluding tert-OH is 1. The molecule has 0 aromatic rings. The lowest BCUT2D eigenvalue weighted by molar-refractivity contribution is -0.156. The van der Waals surface area contributed by atoms with Crippen LogP contribution in [0.15, 0.2) is 12.2 Å². The number of rotatable bonds is 11. The third-order valence-corrected chi connectivity index (χ3v) is 4.72. The van der Waals surface area contributed by atoms with Crippen molar-refractivity contribution in [2.45, 2.75) is 85.4 Å². The van der Waals surface area contributed by atoms with Crippen molar-refractivity contribution in [1.82, 2.24) is 0 Å². The number of ether oxygens (including phenoxy) is 2. The molecule has 0 rings (SSSR count). The summed E-state index contributed by atoms with van der Waals surface area (Å²) in [6.07, 6.45) is 3.43. The van der Waals surface area contributed by atoms with Gasteiger partial charge in [-0.3, -0.25) is 0 Å². The molecule has 0 aliphatic carbocycles. The average molecular weight is 328 g/mol. The van der Waals surface area contributed by atoms with Gasteiger partial charge < -0.3 is 14.6 Å². The number of carbonyl (C=O) groups is 1. The third kappa shape index (κ3) is 7.98. The van der Waals surface area contributed by atoms with E-state index in [1.165, 1.54) is 0 Å². The van der Waals surface area contributed by atoms with Gasteiger partial charge in [-0.2, -0.15) is 0 Å². The highest BCUT2D eigenvalue weighted by Crippen LogP contribution is 2.38. The van der Waals surface area contributed by atoms with E-state index < -0.39 is 5.60 Å². The molecule has 1 N–H and O–H groups in total. The van der Waals surface area contributed by atoms with Crippen LogP contribution in [0.25, 0.3) is 0 Å². The molecular weight excluding hydrogens is 292 g/mol. The summed E-state index contributed by atoms with van der Waals surface area (Å²) in [4.78, 5) is 11.6. The van der Waals surface area contributed by atoms with Crippen LogP contribution in [0.4, 0.5) is 0 Å². The lowest BCUT2D eigenvalue weighted by atomic mass is 9.73. The van der Waals surface area contributed by atoms with E-state index in [0.29, 0.717) is 18.6 Å². The van der Waals surface area contributed by atoms with Gasteiger partial charge in [0, 0.05) is 18.6 Å². The maximum atomic E-state index is 11.6. The maximum Gasteiger partial charge on any atom is 0.333 e. The lowest BCUT2D eigenvalue weighted by Gasteiger charge is -2.42. The monoisotopic (exact) mass is 328 g/mol. The molecule has 0 fully saturated rings. The van der Waals surface area contributed by atoms with E-state index >= 15 is 0 Å². The minimum Gasteiger partial charge on any atom is -0.456 e. The normalized spacial score (nSPS) is 13.0. The van der Waals surface area contributed by atoms with Crippen molar-refractivity contribution in [3.8, 4) is 0 Å². The highest BCUT2D eigenvalue weighted by Gasteiger charge is 2.37. The molecule has 136 valence electrons. The average Bonchev–Trinajstić information content (AvgIpc) is 2.37. The maximum absolute atomic E-state index is 11.6. The van der Waals surface area contributed by atoms with Crippen molar-refractivity contribution in [2.24, 2.45) is 5.41 Å². The first kappa shape index (κ1) is 22.1. The van der Waals surface area contributed by atoms with E-state index in [0.717, 1.165) is 19.3 Å². The first-order valence-corrected chi connectivity index (χ1v) is 8.48. The number of unbranched alkanes of at least 4 members (excludes halogenated alkanes) is 1. The number of aliphatic hydroxyl groups is 1. The minimum absolute atomic E-state index is 0.000688. The van der Waals surface area contributed by atoms with E-state index in [2.05, 4.69) is 34.3 Å². The van der Waals surface area contributed by atoms with Crippen LogP contribution in [0.5, 0.6) is 0 Å². The fourth-order valence-electron chi connectivity index (χ4n) is 2.12. The second-order valence-electron chi connectivity index (χ2n) is 8.10. The molecular formula is C19H36O4. The first-order valence-electron chi connectivity index (χ1n) is 8.48. The summed E-state index contributed by atoms with van der Waals surface area (Å²) in [6.45, 7) is 18.4. The van der Waals surface area contributed by atoms with Crippen LogP contribution in [0, 0.1) is 5.41 Å². The molecule has 0 aliphatic heterocycles. The zero-order valence-electron chi connectivity index (χ0n) is 16.1. The van der Waals surface area contributed by atoms with Gasteiger partial charge in [0.15, 0.2) is 0 Å². The summed E-state index contributed by atoms with van der Waals surface area (Å²) in [5, 5.41) is 8.93. The summed E-state index contributed by atoms with van der Waals surface area (Å²) in [5.74, 6) is -0.362. The van der Waals surface area contributed by atoms with Gasteiger partial charge in [0.05, 0.1) is 12.2 Å². The quantitative estimate of drug-likeness (QED) is 0.350. The second kappa shape index (κ2) is 8.84. The topological polar surface area (TPSA) is 55.8 Å². The minimum atomic E-state index is -0.576. The number of hydrogen-bond acceptors (Lipinski definition) is 4. The molecule has 0 radical (unpaired) electrons. The second-order valence-corrected chi connectivity index (χ2v) is 8.10. The summed E-state index contributed by atoms with van der Waals surface area (Å²) in [6, 6.07) is 0. The van der Waals surface area contributed by atoms with Crippen molar-refractivity contribution in [2.75, 3.05) is 13.2 Å².